The van der Waals surface area contributed by atoms with Crippen molar-refractivity contribution in [3.63, 3.8) is 0 Å². The van der Waals surface area contributed by atoms with Gasteiger partial charge >= 0.3 is 29.6 Å². The van der Waals surface area contributed by atoms with Crippen molar-refractivity contribution in [2.45, 2.75) is 9.79 Å². The van der Waals surface area contributed by atoms with Crippen LogP contribution in [0.5, 0.6) is 5.75 Å². The molecular weight excluding hydrogens is 319 g/mol. The van der Waals surface area contributed by atoms with Gasteiger partial charge in [0.2, 0.25) is 0 Å². The van der Waals surface area contributed by atoms with Gasteiger partial charge in [-0.2, -0.15) is 16.8 Å². The van der Waals surface area contributed by atoms with E-state index in [-0.39, 0.29) is 40.3 Å². The summed E-state index contributed by atoms with van der Waals surface area (Å²) < 4.78 is 62.5. The molecule has 0 aliphatic heterocycles. The van der Waals surface area contributed by atoms with E-state index in [4.69, 9.17) is 9.11 Å². The molecule has 0 amide bonds. The molecule has 2 N–H and O–H groups in total. The molecule has 2 aromatic rings. The normalized spacial score (nSPS) is 12.1. The maximum Gasteiger partial charge on any atom is 1.00 e. The zero-order chi connectivity index (χ0) is 14.4. The summed E-state index contributed by atoms with van der Waals surface area (Å²) in [4.78, 5) is -1.44. The third kappa shape index (κ3) is 3.50. The molecule has 2 aromatic carbocycles. The Hall–Kier alpha value is -0.680. The van der Waals surface area contributed by atoms with Gasteiger partial charge in [0.15, 0.2) is 0 Å². The van der Waals surface area contributed by atoms with Crippen molar-refractivity contribution < 1.29 is 60.6 Å². The van der Waals surface area contributed by atoms with Gasteiger partial charge < -0.3 is 5.11 Å². The molecule has 7 nitrogen and oxygen atoms in total. The maximum absolute atomic E-state index is 11.2. The second kappa shape index (κ2) is 5.60. The van der Waals surface area contributed by atoms with Gasteiger partial charge in [-0.25, -0.2) is 0 Å². The van der Waals surface area contributed by atoms with E-state index in [1.54, 1.807) is 0 Å². The molecule has 0 aromatic heterocycles. The Morgan fingerprint density at radius 2 is 1.50 bits per heavy atom. The molecular formula is C10H7NaO7S2. The maximum atomic E-state index is 11.2. The van der Waals surface area contributed by atoms with Crippen LogP contribution in [0.4, 0.5) is 0 Å². The average molecular weight is 326 g/mol. The second-order valence-electron chi connectivity index (χ2n) is 3.75. The van der Waals surface area contributed by atoms with Crippen molar-refractivity contribution in [1.29, 1.82) is 0 Å². The summed E-state index contributed by atoms with van der Waals surface area (Å²) in [5.41, 5.74) is 0. The quantitative estimate of drug-likeness (QED) is 0.457. The topological polar surface area (TPSA) is 132 Å². The summed E-state index contributed by atoms with van der Waals surface area (Å²) >= 11 is 0. The first-order chi connectivity index (χ1) is 8.59. The van der Waals surface area contributed by atoms with Crippen LogP contribution in [0.2, 0.25) is 0 Å². The van der Waals surface area contributed by atoms with Crippen LogP contribution in [0.25, 0.3) is 10.8 Å². The van der Waals surface area contributed by atoms with Crippen LogP contribution in [0.3, 0.4) is 0 Å². The first-order valence-corrected chi connectivity index (χ1v) is 7.67. The second-order valence-corrected chi connectivity index (χ2v) is 6.57. The van der Waals surface area contributed by atoms with E-state index in [1.165, 1.54) is 6.07 Å². The van der Waals surface area contributed by atoms with Crippen LogP contribution in [0.1, 0.15) is 0 Å². The fraction of sp³-hybridized carbons (Fsp3) is 0. The Bertz CT molecular complexity index is 872. The van der Waals surface area contributed by atoms with Crippen molar-refractivity contribution in [2.75, 3.05) is 0 Å². The van der Waals surface area contributed by atoms with Crippen LogP contribution in [-0.2, 0) is 20.2 Å². The van der Waals surface area contributed by atoms with Crippen LogP contribution in [0, 0.1) is 0 Å². The molecule has 0 saturated carbocycles. The minimum absolute atomic E-state index is 0. The monoisotopic (exact) mass is 326 g/mol. The minimum Gasteiger partial charge on any atom is -0.872 e. The van der Waals surface area contributed by atoms with Crippen LogP contribution in [0.15, 0.2) is 40.1 Å². The Morgan fingerprint density at radius 1 is 0.900 bits per heavy atom. The van der Waals surface area contributed by atoms with Gasteiger partial charge in [-0.3, -0.25) is 9.11 Å². The minimum atomic E-state index is -4.74. The molecule has 0 spiro atoms. The summed E-state index contributed by atoms with van der Waals surface area (Å²) in [7, 11) is -9.38. The SMILES string of the molecule is O=S(=O)(O)c1cc(S(=O)(=O)O)c2cc([O-])ccc2c1.[Na+]. The third-order valence-electron chi connectivity index (χ3n) is 2.44. The molecule has 0 aliphatic rings. The number of hydrogen-bond donors (Lipinski definition) is 2. The molecule has 102 valence electrons. The number of rotatable bonds is 2. The Kier molecular flexibility index (Phi) is 4.87. The third-order valence-corrected chi connectivity index (χ3v) is 4.16. The fourth-order valence-electron chi connectivity index (χ4n) is 1.64. The molecule has 0 unspecified atom stereocenters. The predicted octanol–water partition coefficient (Wildman–Crippen LogP) is -2.59. The zero-order valence-corrected chi connectivity index (χ0v) is 13.8. The van der Waals surface area contributed by atoms with Gasteiger partial charge in [0.1, 0.15) is 4.90 Å². The van der Waals surface area contributed by atoms with Crippen molar-refractivity contribution >= 4 is 31.0 Å². The summed E-state index contributed by atoms with van der Waals surface area (Å²) in [5, 5.41) is 11.2. The van der Waals surface area contributed by atoms with Gasteiger partial charge in [-0.1, -0.05) is 18.2 Å². The van der Waals surface area contributed by atoms with E-state index in [1.807, 2.05) is 0 Å². The van der Waals surface area contributed by atoms with E-state index in [0.717, 1.165) is 18.2 Å². The number of hydrogen-bond acceptors (Lipinski definition) is 5. The fourth-order valence-corrected chi connectivity index (χ4v) is 2.99. The van der Waals surface area contributed by atoms with Gasteiger partial charge in [0, 0.05) is 5.39 Å². The standard InChI is InChI=1S/C10H8O7S2.Na/c11-7-2-1-6-3-8(18(12,13)14)5-10(9(6)4-7)19(15,16)17;/h1-5,11H,(H,12,13,14)(H,15,16,17);/q;+1/p-1. The van der Waals surface area contributed by atoms with Gasteiger partial charge in [-0.15, -0.1) is 5.75 Å². The summed E-state index contributed by atoms with van der Waals surface area (Å²) in [6.45, 7) is 0. The summed E-state index contributed by atoms with van der Waals surface area (Å²) in [5.74, 6) is -0.503. The smallest absolute Gasteiger partial charge is 0.872 e. The average Bonchev–Trinajstić information content (AvgIpc) is 2.24. The van der Waals surface area contributed by atoms with Gasteiger partial charge in [0.05, 0.1) is 4.90 Å². The van der Waals surface area contributed by atoms with Crippen molar-refractivity contribution in [2.24, 2.45) is 0 Å². The predicted molar refractivity (Wildman–Crippen MR) is 63.0 cm³/mol. The molecule has 0 radical (unpaired) electrons. The van der Waals surface area contributed by atoms with Gasteiger partial charge in [0.25, 0.3) is 20.2 Å². The number of fused-ring (bicyclic) bond motifs is 1. The largest absolute Gasteiger partial charge is 1.00 e. The van der Waals surface area contributed by atoms with Crippen molar-refractivity contribution in [1.82, 2.24) is 0 Å². The molecule has 20 heavy (non-hydrogen) atoms. The molecule has 2 rings (SSSR count). The van der Waals surface area contributed by atoms with E-state index >= 15 is 0 Å². The zero-order valence-electron chi connectivity index (χ0n) is 10.1. The summed E-state index contributed by atoms with van der Waals surface area (Å²) in [6.07, 6.45) is 0. The molecule has 0 aliphatic carbocycles. The molecule has 0 heterocycles. The molecule has 10 heteroatoms. The van der Waals surface area contributed by atoms with E-state index in [0.29, 0.717) is 6.07 Å². The Balaban J connectivity index is 0.00000200. The molecule has 0 saturated heterocycles. The van der Waals surface area contributed by atoms with Crippen LogP contribution in [-0.4, -0.2) is 25.9 Å². The number of benzene rings is 2. The van der Waals surface area contributed by atoms with Crippen molar-refractivity contribution in [3.05, 3.63) is 30.3 Å². The first-order valence-electron chi connectivity index (χ1n) is 4.79. The van der Waals surface area contributed by atoms with E-state index < -0.39 is 35.8 Å². The molecule has 0 bridgehead atoms. The van der Waals surface area contributed by atoms with Crippen molar-refractivity contribution in [3.8, 4) is 5.75 Å². The van der Waals surface area contributed by atoms with E-state index in [9.17, 15) is 21.9 Å². The van der Waals surface area contributed by atoms with Crippen LogP contribution < -0.4 is 34.7 Å². The summed E-state index contributed by atoms with van der Waals surface area (Å²) in [6, 6.07) is 4.84. The molecule has 0 atom stereocenters. The van der Waals surface area contributed by atoms with Crippen LogP contribution >= 0.6 is 0 Å². The Morgan fingerprint density at radius 3 is 2.00 bits per heavy atom. The molecule has 0 fully saturated rings. The first kappa shape index (κ1) is 17.4. The van der Waals surface area contributed by atoms with E-state index in [2.05, 4.69) is 0 Å². The Labute approximate surface area is 137 Å². The van der Waals surface area contributed by atoms with Gasteiger partial charge in [-0.05, 0) is 17.5 Å².